The number of methoxy groups -OCH3 is 1. The minimum atomic E-state index is -4.84. The standard InChI is InChI=1S/C15H15ClF3N3O3S/c1-3-22(26(23,24)12-8-20-14(25-2)21-9-12)13(15(17,18)19)10-4-6-11(16)7-5-10/h4-9,13H,3H2,1-2H3/t13-/m1/s1. The Labute approximate surface area is 153 Å². The molecule has 0 amide bonds. The highest BCUT2D eigenvalue weighted by Gasteiger charge is 2.48. The molecule has 2 aromatic rings. The molecule has 0 saturated carbocycles. The third-order valence-electron chi connectivity index (χ3n) is 3.49. The molecule has 0 radical (unpaired) electrons. The third-order valence-corrected chi connectivity index (χ3v) is 5.63. The van der Waals surface area contributed by atoms with E-state index in [0.717, 1.165) is 24.5 Å². The Kier molecular flexibility index (Phi) is 6.09. The van der Waals surface area contributed by atoms with E-state index >= 15 is 0 Å². The zero-order valence-electron chi connectivity index (χ0n) is 13.7. The largest absolute Gasteiger partial charge is 0.467 e. The summed E-state index contributed by atoms with van der Waals surface area (Å²) in [5.74, 6) is 0. The van der Waals surface area contributed by atoms with Crippen LogP contribution in [0.1, 0.15) is 18.5 Å². The average Bonchev–Trinajstić information content (AvgIpc) is 2.59. The van der Waals surface area contributed by atoms with E-state index in [1.807, 2.05) is 0 Å². The second-order valence-corrected chi connectivity index (χ2v) is 7.44. The smallest absolute Gasteiger partial charge is 0.409 e. The summed E-state index contributed by atoms with van der Waals surface area (Å²) in [6.07, 6.45) is -3.04. The summed E-state index contributed by atoms with van der Waals surface area (Å²) in [6.45, 7) is 0.901. The van der Waals surface area contributed by atoms with Crippen molar-refractivity contribution in [1.82, 2.24) is 14.3 Å². The molecule has 142 valence electrons. The molecule has 0 aliphatic heterocycles. The quantitative estimate of drug-likeness (QED) is 0.730. The highest BCUT2D eigenvalue weighted by atomic mass is 35.5. The number of benzene rings is 1. The van der Waals surface area contributed by atoms with Crippen LogP contribution in [0.3, 0.4) is 0 Å². The minimum absolute atomic E-state index is 0.0999. The molecule has 2 rings (SSSR count). The highest BCUT2D eigenvalue weighted by molar-refractivity contribution is 7.89. The van der Waals surface area contributed by atoms with Crippen molar-refractivity contribution in [3.05, 3.63) is 47.2 Å². The van der Waals surface area contributed by atoms with Gasteiger partial charge in [0.2, 0.25) is 10.0 Å². The number of rotatable bonds is 6. The molecule has 0 bridgehead atoms. The van der Waals surface area contributed by atoms with Gasteiger partial charge in [-0.2, -0.15) is 17.5 Å². The van der Waals surface area contributed by atoms with Crippen LogP contribution >= 0.6 is 11.6 Å². The number of alkyl halides is 3. The van der Waals surface area contributed by atoms with Gasteiger partial charge in [0.1, 0.15) is 10.9 Å². The second kappa shape index (κ2) is 7.77. The lowest BCUT2D eigenvalue weighted by atomic mass is 10.1. The fraction of sp³-hybridized carbons (Fsp3) is 0.333. The van der Waals surface area contributed by atoms with Gasteiger partial charge >= 0.3 is 12.2 Å². The van der Waals surface area contributed by atoms with Crippen LogP contribution < -0.4 is 4.74 Å². The Hall–Kier alpha value is -1.91. The monoisotopic (exact) mass is 409 g/mol. The highest BCUT2D eigenvalue weighted by Crippen LogP contribution is 2.40. The topological polar surface area (TPSA) is 72.4 Å². The number of ether oxygens (including phenoxy) is 1. The van der Waals surface area contributed by atoms with Gasteiger partial charge in [-0.05, 0) is 17.7 Å². The van der Waals surface area contributed by atoms with Gasteiger partial charge in [0, 0.05) is 11.6 Å². The summed E-state index contributed by atoms with van der Waals surface area (Å²) >= 11 is 5.72. The van der Waals surface area contributed by atoms with Gasteiger partial charge in [-0.15, -0.1) is 0 Å². The molecule has 0 saturated heterocycles. The Bertz CT molecular complexity index is 843. The van der Waals surface area contributed by atoms with Crippen LogP contribution in [0.2, 0.25) is 5.02 Å². The van der Waals surface area contributed by atoms with Crippen molar-refractivity contribution in [3.8, 4) is 6.01 Å². The second-order valence-electron chi connectivity index (χ2n) is 5.11. The van der Waals surface area contributed by atoms with E-state index in [1.54, 1.807) is 0 Å². The molecule has 0 fully saturated rings. The van der Waals surface area contributed by atoms with Crippen LogP contribution in [-0.4, -0.2) is 42.5 Å². The molecule has 1 heterocycles. The average molecular weight is 410 g/mol. The van der Waals surface area contributed by atoms with Crippen LogP contribution in [0.4, 0.5) is 13.2 Å². The minimum Gasteiger partial charge on any atom is -0.467 e. The van der Waals surface area contributed by atoms with E-state index in [9.17, 15) is 21.6 Å². The summed E-state index contributed by atoms with van der Waals surface area (Å²) < 4.78 is 71.8. The number of hydrogen-bond donors (Lipinski definition) is 0. The van der Waals surface area contributed by atoms with Gasteiger partial charge in [0.05, 0.1) is 19.5 Å². The molecule has 1 atom stereocenters. The Morgan fingerprint density at radius 3 is 2.15 bits per heavy atom. The van der Waals surface area contributed by atoms with Gasteiger partial charge in [-0.3, -0.25) is 0 Å². The molecule has 0 spiro atoms. The maximum absolute atomic E-state index is 13.7. The van der Waals surface area contributed by atoms with Gasteiger partial charge in [-0.1, -0.05) is 30.7 Å². The molecule has 1 aromatic carbocycles. The molecule has 0 aliphatic carbocycles. The summed E-state index contributed by atoms with van der Waals surface area (Å²) in [4.78, 5) is 6.83. The summed E-state index contributed by atoms with van der Waals surface area (Å²) in [5.41, 5.74) is -0.248. The summed E-state index contributed by atoms with van der Waals surface area (Å²) in [7, 11) is -3.24. The first kappa shape index (κ1) is 20.4. The zero-order valence-corrected chi connectivity index (χ0v) is 15.3. The van der Waals surface area contributed by atoms with Crippen molar-refractivity contribution in [2.75, 3.05) is 13.7 Å². The van der Waals surface area contributed by atoms with Crippen LogP contribution in [0.5, 0.6) is 6.01 Å². The Morgan fingerprint density at radius 1 is 1.19 bits per heavy atom. The fourth-order valence-electron chi connectivity index (χ4n) is 2.33. The van der Waals surface area contributed by atoms with E-state index in [2.05, 4.69) is 9.97 Å². The van der Waals surface area contributed by atoms with E-state index in [0.29, 0.717) is 4.31 Å². The van der Waals surface area contributed by atoms with E-state index in [1.165, 1.54) is 26.2 Å². The van der Waals surface area contributed by atoms with Crippen molar-refractivity contribution >= 4 is 21.6 Å². The lowest BCUT2D eigenvalue weighted by Gasteiger charge is -2.31. The Morgan fingerprint density at radius 2 is 1.73 bits per heavy atom. The number of sulfonamides is 1. The normalized spacial score (nSPS) is 13.7. The van der Waals surface area contributed by atoms with E-state index in [4.69, 9.17) is 16.3 Å². The van der Waals surface area contributed by atoms with Gasteiger partial charge in [-0.25, -0.2) is 18.4 Å². The van der Waals surface area contributed by atoms with Crippen LogP contribution in [-0.2, 0) is 10.0 Å². The van der Waals surface area contributed by atoms with Crippen LogP contribution in [0.15, 0.2) is 41.6 Å². The SMILES string of the molecule is CCN([C@H](c1ccc(Cl)cc1)C(F)(F)F)S(=O)(=O)c1cnc(OC)nc1. The molecule has 1 aromatic heterocycles. The number of hydrogen-bond acceptors (Lipinski definition) is 5. The first-order valence-corrected chi connectivity index (χ1v) is 9.13. The molecule has 26 heavy (non-hydrogen) atoms. The number of nitrogens with zero attached hydrogens (tertiary/aromatic N) is 3. The van der Waals surface area contributed by atoms with Gasteiger partial charge in [0.25, 0.3) is 0 Å². The molecule has 0 N–H and O–H groups in total. The molecule has 0 unspecified atom stereocenters. The van der Waals surface area contributed by atoms with Crippen molar-refractivity contribution in [3.63, 3.8) is 0 Å². The first-order chi connectivity index (χ1) is 12.1. The maximum atomic E-state index is 13.7. The molecular weight excluding hydrogens is 395 g/mol. The van der Waals surface area contributed by atoms with Crippen LogP contribution in [0, 0.1) is 0 Å². The number of aromatic nitrogens is 2. The molecule has 11 heteroatoms. The zero-order chi connectivity index (χ0) is 19.5. The third kappa shape index (κ3) is 4.25. The number of halogens is 4. The fourth-order valence-corrected chi connectivity index (χ4v) is 3.96. The molecular formula is C15H15ClF3N3O3S. The summed E-state index contributed by atoms with van der Waals surface area (Å²) in [6, 6.07) is 2.35. The lowest BCUT2D eigenvalue weighted by molar-refractivity contribution is -0.173. The predicted molar refractivity (Wildman–Crippen MR) is 88.4 cm³/mol. The summed E-state index contributed by atoms with van der Waals surface area (Å²) in [5, 5.41) is 0.240. The van der Waals surface area contributed by atoms with Gasteiger partial charge in [0.15, 0.2) is 0 Å². The van der Waals surface area contributed by atoms with Crippen molar-refractivity contribution < 1.29 is 26.3 Å². The molecule has 6 nitrogen and oxygen atoms in total. The van der Waals surface area contributed by atoms with E-state index < -0.39 is 33.7 Å². The first-order valence-electron chi connectivity index (χ1n) is 7.31. The van der Waals surface area contributed by atoms with Crippen LogP contribution in [0.25, 0.3) is 0 Å². The van der Waals surface area contributed by atoms with E-state index in [-0.39, 0.29) is 16.6 Å². The van der Waals surface area contributed by atoms with Gasteiger partial charge < -0.3 is 4.74 Å². The molecule has 0 aliphatic rings. The predicted octanol–water partition coefficient (Wildman–Crippen LogP) is 3.45. The maximum Gasteiger partial charge on any atom is 0.409 e. The van der Waals surface area contributed by atoms with Crippen molar-refractivity contribution in [1.29, 1.82) is 0 Å². The van der Waals surface area contributed by atoms with Crippen molar-refractivity contribution in [2.24, 2.45) is 0 Å². The lowest BCUT2D eigenvalue weighted by Crippen LogP contribution is -2.42. The Balaban J connectivity index is 2.54. The van der Waals surface area contributed by atoms with Crippen molar-refractivity contribution in [2.45, 2.75) is 24.0 Å².